The predicted molar refractivity (Wildman–Crippen MR) is 105 cm³/mol. The second kappa shape index (κ2) is 9.64. The van der Waals surface area contributed by atoms with Gasteiger partial charge < -0.3 is 10.1 Å². The first-order valence-corrected chi connectivity index (χ1v) is 9.04. The van der Waals surface area contributed by atoms with Crippen LogP contribution in [0.4, 0.5) is 23.7 Å². The lowest BCUT2D eigenvalue weighted by Crippen LogP contribution is -2.46. The van der Waals surface area contributed by atoms with E-state index >= 15 is 0 Å². The van der Waals surface area contributed by atoms with Crippen molar-refractivity contribution in [1.82, 2.24) is 20.6 Å². The van der Waals surface area contributed by atoms with Gasteiger partial charge in [-0.1, -0.05) is 36.4 Å². The summed E-state index contributed by atoms with van der Waals surface area (Å²) in [6, 6.07) is 14.9. The molecule has 12 heteroatoms. The molecule has 0 saturated carbocycles. The first-order chi connectivity index (χ1) is 15.2. The summed E-state index contributed by atoms with van der Waals surface area (Å²) in [5.74, 6) is -2.39. The Labute approximate surface area is 179 Å². The van der Waals surface area contributed by atoms with Crippen LogP contribution in [0.1, 0.15) is 11.3 Å². The molecule has 2 aromatic carbocycles. The number of halogens is 3. The van der Waals surface area contributed by atoms with Crippen molar-refractivity contribution in [2.75, 3.05) is 5.32 Å². The number of rotatable bonds is 4. The van der Waals surface area contributed by atoms with Crippen LogP contribution in [-0.4, -0.2) is 27.7 Å². The summed E-state index contributed by atoms with van der Waals surface area (Å²) >= 11 is 0. The van der Waals surface area contributed by atoms with Crippen LogP contribution in [0, 0.1) is 0 Å². The minimum atomic E-state index is -4.63. The quantitative estimate of drug-likeness (QED) is 0.420. The second-order valence-electron chi connectivity index (χ2n) is 6.27. The first kappa shape index (κ1) is 22.3. The number of carbonyl (C=O) groups is 3. The number of aromatic nitrogens is 2. The molecule has 0 fully saturated rings. The largest absolute Gasteiger partial charge is 0.443 e. The normalized spacial score (nSPS) is 10.8. The van der Waals surface area contributed by atoms with Gasteiger partial charge in [0, 0.05) is 5.69 Å². The highest BCUT2D eigenvalue weighted by Gasteiger charge is 2.35. The number of amides is 3. The number of ether oxygens (including phenoxy) is 1. The highest BCUT2D eigenvalue weighted by molar-refractivity contribution is 6.39. The average molecular weight is 447 g/mol. The van der Waals surface area contributed by atoms with E-state index in [1.165, 1.54) is 24.3 Å². The van der Waals surface area contributed by atoms with Crippen molar-refractivity contribution >= 4 is 23.6 Å². The van der Waals surface area contributed by atoms with E-state index in [2.05, 4.69) is 10.4 Å². The Hall–Kier alpha value is -4.35. The SMILES string of the molecule is O=C(NNC(=O)C(=O)Nc1cccc(-n2nccc2C(F)(F)F)c1)OCc1ccccc1. The average Bonchev–Trinajstić information content (AvgIpc) is 3.28. The monoisotopic (exact) mass is 447 g/mol. The Morgan fingerprint density at radius 3 is 2.41 bits per heavy atom. The minimum absolute atomic E-state index is 0.0168. The van der Waals surface area contributed by atoms with Crippen molar-refractivity contribution in [1.29, 1.82) is 0 Å². The lowest BCUT2D eigenvalue weighted by Gasteiger charge is -2.12. The van der Waals surface area contributed by atoms with E-state index in [1.807, 2.05) is 10.9 Å². The van der Waals surface area contributed by atoms with E-state index in [4.69, 9.17) is 4.74 Å². The van der Waals surface area contributed by atoms with Gasteiger partial charge in [-0.3, -0.25) is 15.0 Å². The van der Waals surface area contributed by atoms with Crippen LogP contribution in [0.5, 0.6) is 0 Å². The number of benzene rings is 2. The maximum absolute atomic E-state index is 13.1. The predicted octanol–water partition coefficient (Wildman–Crippen LogP) is 2.79. The van der Waals surface area contributed by atoms with Gasteiger partial charge in [-0.05, 0) is 29.8 Å². The zero-order valence-corrected chi connectivity index (χ0v) is 16.2. The van der Waals surface area contributed by atoms with Crippen LogP contribution in [0.2, 0.25) is 0 Å². The molecule has 3 aromatic rings. The van der Waals surface area contributed by atoms with Crippen LogP contribution in [-0.2, 0) is 27.1 Å². The number of nitrogens with one attached hydrogen (secondary N) is 3. The first-order valence-electron chi connectivity index (χ1n) is 9.04. The molecule has 0 aliphatic carbocycles. The summed E-state index contributed by atoms with van der Waals surface area (Å²) < 4.78 is 44.7. The van der Waals surface area contributed by atoms with Gasteiger partial charge in [0.15, 0.2) is 0 Å². The molecule has 3 amide bonds. The lowest BCUT2D eigenvalue weighted by atomic mass is 10.2. The number of carbonyl (C=O) groups excluding carboxylic acids is 3. The van der Waals surface area contributed by atoms with Crippen molar-refractivity contribution < 1.29 is 32.3 Å². The third-order valence-electron chi connectivity index (χ3n) is 3.98. The molecule has 0 radical (unpaired) electrons. The van der Waals surface area contributed by atoms with E-state index in [-0.39, 0.29) is 18.0 Å². The summed E-state index contributed by atoms with van der Waals surface area (Å²) in [4.78, 5) is 35.5. The molecule has 32 heavy (non-hydrogen) atoms. The number of hydrogen-bond donors (Lipinski definition) is 3. The second-order valence-corrected chi connectivity index (χ2v) is 6.27. The standard InChI is InChI=1S/C20H16F3N5O4/c21-20(22,23)16-9-10-24-28(16)15-8-4-7-14(11-15)25-17(29)18(30)26-27-19(31)32-12-13-5-2-1-3-6-13/h1-11H,12H2,(H,25,29)(H,26,30)(H,27,31). The summed E-state index contributed by atoms with van der Waals surface area (Å²) in [6.45, 7) is -0.0468. The Bertz CT molecular complexity index is 1120. The van der Waals surface area contributed by atoms with Gasteiger partial charge in [-0.2, -0.15) is 18.3 Å². The van der Waals surface area contributed by atoms with Crippen molar-refractivity contribution in [2.45, 2.75) is 12.8 Å². The Morgan fingerprint density at radius 2 is 1.69 bits per heavy atom. The third kappa shape index (κ3) is 5.84. The Morgan fingerprint density at radius 1 is 0.938 bits per heavy atom. The molecule has 1 heterocycles. The van der Waals surface area contributed by atoms with Crippen molar-refractivity contribution in [2.24, 2.45) is 0 Å². The lowest BCUT2D eigenvalue weighted by molar-refractivity contribution is -0.142. The smallest absolute Gasteiger partial charge is 0.433 e. The topological polar surface area (TPSA) is 114 Å². The minimum Gasteiger partial charge on any atom is -0.443 e. The molecule has 0 saturated heterocycles. The molecule has 3 rings (SSSR count). The Kier molecular flexibility index (Phi) is 6.73. The fourth-order valence-electron chi connectivity index (χ4n) is 2.55. The molecule has 166 valence electrons. The molecule has 0 unspecified atom stereocenters. The zero-order chi connectivity index (χ0) is 23.1. The highest BCUT2D eigenvalue weighted by Crippen LogP contribution is 2.30. The van der Waals surface area contributed by atoms with Gasteiger partial charge in [-0.25, -0.2) is 14.9 Å². The van der Waals surface area contributed by atoms with Gasteiger partial charge in [0.1, 0.15) is 12.3 Å². The Balaban J connectivity index is 1.54. The van der Waals surface area contributed by atoms with Crippen LogP contribution >= 0.6 is 0 Å². The highest BCUT2D eigenvalue weighted by atomic mass is 19.4. The van der Waals surface area contributed by atoms with Crippen molar-refractivity contribution in [3.63, 3.8) is 0 Å². The zero-order valence-electron chi connectivity index (χ0n) is 16.2. The van der Waals surface area contributed by atoms with E-state index in [1.54, 1.807) is 30.3 Å². The molecule has 0 aliphatic rings. The third-order valence-corrected chi connectivity index (χ3v) is 3.98. The van der Waals surface area contributed by atoms with Crippen LogP contribution in [0.15, 0.2) is 66.9 Å². The molecule has 0 aliphatic heterocycles. The molecule has 0 bridgehead atoms. The van der Waals surface area contributed by atoms with Crippen LogP contribution in [0.3, 0.4) is 0 Å². The van der Waals surface area contributed by atoms with E-state index < -0.39 is 29.8 Å². The van der Waals surface area contributed by atoms with Crippen molar-refractivity contribution in [3.05, 3.63) is 78.1 Å². The molecule has 0 atom stereocenters. The molecule has 9 nitrogen and oxygen atoms in total. The fraction of sp³-hybridized carbons (Fsp3) is 0.100. The van der Waals surface area contributed by atoms with Gasteiger partial charge in [-0.15, -0.1) is 0 Å². The summed E-state index contributed by atoms with van der Waals surface area (Å²) in [5, 5.41) is 5.86. The summed E-state index contributed by atoms with van der Waals surface area (Å²) in [7, 11) is 0. The molecule has 3 N–H and O–H groups in total. The number of nitrogens with zero attached hydrogens (tertiary/aromatic N) is 2. The van der Waals surface area contributed by atoms with Gasteiger partial charge in [0.25, 0.3) is 0 Å². The number of anilines is 1. The van der Waals surface area contributed by atoms with E-state index in [9.17, 15) is 27.6 Å². The van der Waals surface area contributed by atoms with Crippen LogP contribution < -0.4 is 16.2 Å². The fourth-order valence-corrected chi connectivity index (χ4v) is 2.55. The number of alkyl halides is 3. The van der Waals surface area contributed by atoms with Crippen molar-refractivity contribution in [3.8, 4) is 5.69 Å². The molecular formula is C20H16F3N5O4. The molecule has 1 aromatic heterocycles. The van der Waals surface area contributed by atoms with Gasteiger partial charge in [0.2, 0.25) is 0 Å². The molecule has 0 spiro atoms. The van der Waals surface area contributed by atoms with E-state index in [0.29, 0.717) is 4.68 Å². The summed E-state index contributed by atoms with van der Waals surface area (Å²) in [6.07, 6.45) is -4.63. The van der Waals surface area contributed by atoms with E-state index in [0.717, 1.165) is 17.8 Å². The maximum atomic E-state index is 13.1. The summed E-state index contributed by atoms with van der Waals surface area (Å²) in [5.41, 5.74) is 3.56. The number of hydrogen-bond acceptors (Lipinski definition) is 5. The van der Waals surface area contributed by atoms with Gasteiger partial charge >= 0.3 is 24.1 Å². The van der Waals surface area contributed by atoms with Gasteiger partial charge in [0.05, 0.1) is 11.9 Å². The number of hydrazine groups is 1. The maximum Gasteiger partial charge on any atom is 0.433 e. The molecular weight excluding hydrogens is 431 g/mol. The van der Waals surface area contributed by atoms with Crippen LogP contribution in [0.25, 0.3) is 5.69 Å².